The van der Waals surface area contributed by atoms with Gasteiger partial charge in [0.1, 0.15) is 0 Å². The SMILES string of the molecule is CC1(CN2CCc3c(c4cccc5c4n3-c3ccccc3CC5)C2)CC1.Cl. The van der Waals surface area contributed by atoms with Gasteiger partial charge in [-0.3, -0.25) is 4.90 Å². The van der Waals surface area contributed by atoms with Crippen LogP contribution in [0.15, 0.2) is 42.5 Å². The second kappa shape index (κ2) is 6.12. The lowest BCUT2D eigenvalue weighted by Crippen LogP contribution is -2.34. The molecule has 0 spiro atoms. The average molecular weight is 379 g/mol. The molecule has 27 heavy (non-hydrogen) atoms. The third kappa shape index (κ3) is 2.65. The summed E-state index contributed by atoms with van der Waals surface area (Å²) in [6.07, 6.45) is 6.30. The van der Waals surface area contributed by atoms with Crippen molar-refractivity contribution in [3.63, 3.8) is 0 Å². The summed E-state index contributed by atoms with van der Waals surface area (Å²) in [5, 5.41) is 1.50. The minimum absolute atomic E-state index is 0. The number of fused-ring (bicyclic) bond motifs is 5. The number of para-hydroxylation sites is 2. The molecule has 0 bridgehead atoms. The number of aromatic nitrogens is 1. The topological polar surface area (TPSA) is 8.17 Å². The molecule has 3 aliphatic rings. The predicted molar refractivity (Wildman–Crippen MR) is 114 cm³/mol. The minimum Gasteiger partial charge on any atom is -0.313 e. The standard InChI is InChI=1S/C24H26N2.ClH/c1-24(12-13-24)16-25-14-11-22-20(15-25)19-7-4-6-18-10-9-17-5-2-3-8-21(17)26(22)23(18)19;/h2-8H,9-16H2,1H3;1H. The third-order valence-electron chi connectivity index (χ3n) is 6.94. The van der Waals surface area contributed by atoms with Crippen LogP contribution in [0, 0.1) is 5.41 Å². The van der Waals surface area contributed by atoms with Crippen molar-refractivity contribution in [2.75, 3.05) is 13.1 Å². The molecule has 3 aromatic rings. The lowest BCUT2D eigenvalue weighted by atomic mass is 9.98. The highest BCUT2D eigenvalue weighted by atomic mass is 35.5. The van der Waals surface area contributed by atoms with Crippen LogP contribution in [-0.2, 0) is 25.8 Å². The molecule has 1 aliphatic carbocycles. The summed E-state index contributed by atoms with van der Waals surface area (Å²) in [6, 6.07) is 16.0. The maximum atomic E-state index is 2.71. The van der Waals surface area contributed by atoms with Crippen molar-refractivity contribution in [3.8, 4) is 5.69 Å². The maximum absolute atomic E-state index is 2.71. The van der Waals surface area contributed by atoms with Crippen LogP contribution in [0.3, 0.4) is 0 Å². The number of benzene rings is 2. The number of hydrogen-bond acceptors (Lipinski definition) is 1. The Labute approximate surface area is 167 Å². The molecule has 0 unspecified atom stereocenters. The monoisotopic (exact) mass is 378 g/mol. The molecule has 3 heteroatoms. The fourth-order valence-corrected chi connectivity index (χ4v) is 5.25. The van der Waals surface area contributed by atoms with Crippen LogP contribution < -0.4 is 0 Å². The molecule has 0 amide bonds. The molecule has 2 nitrogen and oxygen atoms in total. The highest BCUT2D eigenvalue weighted by molar-refractivity contribution is 5.91. The zero-order valence-electron chi connectivity index (χ0n) is 16.0. The van der Waals surface area contributed by atoms with Crippen molar-refractivity contribution < 1.29 is 0 Å². The van der Waals surface area contributed by atoms with Crippen LogP contribution in [-0.4, -0.2) is 22.6 Å². The predicted octanol–water partition coefficient (Wildman–Crippen LogP) is 5.31. The van der Waals surface area contributed by atoms with E-state index in [9.17, 15) is 0 Å². The molecule has 1 aromatic heterocycles. The van der Waals surface area contributed by atoms with Gasteiger partial charge in [0, 0.05) is 42.8 Å². The van der Waals surface area contributed by atoms with Gasteiger partial charge in [0.15, 0.2) is 0 Å². The van der Waals surface area contributed by atoms with Crippen molar-refractivity contribution in [2.45, 2.75) is 45.6 Å². The number of rotatable bonds is 2. The first-order valence-corrected chi connectivity index (χ1v) is 10.2. The normalized spacial score (nSPS) is 19.7. The Kier molecular flexibility index (Phi) is 3.93. The Hall–Kier alpha value is -1.77. The molecule has 0 saturated heterocycles. The zero-order valence-corrected chi connectivity index (χ0v) is 16.8. The van der Waals surface area contributed by atoms with E-state index in [0.29, 0.717) is 5.41 Å². The van der Waals surface area contributed by atoms with Gasteiger partial charge in [-0.2, -0.15) is 0 Å². The van der Waals surface area contributed by atoms with Gasteiger partial charge in [0.05, 0.1) is 5.52 Å². The quantitative estimate of drug-likeness (QED) is 0.586. The van der Waals surface area contributed by atoms with Crippen LogP contribution >= 0.6 is 12.4 Å². The molecule has 0 radical (unpaired) electrons. The van der Waals surface area contributed by atoms with E-state index in [1.54, 1.807) is 11.3 Å². The Morgan fingerprint density at radius 2 is 1.70 bits per heavy atom. The van der Waals surface area contributed by atoms with Gasteiger partial charge in [-0.1, -0.05) is 43.3 Å². The summed E-state index contributed by atoms with van der Waals surface area (Å²) in [6.45, 7) is 6.06. The lowest BCUT2D eigenvalue weighted by molar-refractivity contribution is 0.210. The van der Waals surface area contributed by atoms with Crippen LogP contribution in [0.4, 0.5) is 0 Å². The van der Waals surface area contributed by atoms with Crippen molar-refractivity contribution in [1.29, 1.82) is 0 Å². The molecule has 0 N–H and O–H groups in total. The minimum atomic E-state index is 0. The summed E-state index contributed by atoms with van der Waals surface area (Å²) < 4.78 is 2.62. The largest absolute Gasteiger partial charge is 0.313 e. The second-order valence-electron chi connectivity index (χ2n) is 8.97. The first kappa shape index (κ1) is 17.3. The molecule has 0 atom stereocenters. The number of aryl methyl sites for hydroxylation is 2. The zero-order chi connectivity index (χ0) is 17.3. The van der Waals surface area contributed by atoms with Gasteiger partial charge in [0.2, 0.25) is 0 Å². The van der Waals surface area contributed by atoms with Gasteiger partial charge < -0.3 is 4.57 Å². The first-order chi connectivity index (χ1) is 12.7. The summed E-state index contributed by atoms with van der Waals surface area (Å²) >= 11 is 0. The first-order valence-electron chi connectivity index (χ1n) is 10.2. The Morgan fingerprint density at radius 3 is 2.56 bits per heavy atom. The number of nitrogens with zero attached hydrogens (tertiary/aromatic N) is 2. The van der Waals surface area contributed by atoms with E-state index in [-0.39, 0.29) is 12.4 Å². The molecule has 6 rings (SSSR count). The smallest absolute Gasteiger partial charge is 0.0567 e. The summed E-state index contributed by atoms with van der Waals surface area (Å²) in [7, 11) is 0. The van der Waals surface area contributed by atoms with Gasteiger partial charge in [0.25, 0.3) is 0 Å². The highest BCUT2D eigenvalue weighted by Gasteiger charge is 2.40. The van der Waals surface area contributed by atoms with E-state index in [0.717, 1.165) is 19.4 Å². The molecule has 2 aromatic carbocycles. The second-order valence-corrected chi connectivity index (χ2v) is 8.97. The third-order valence-corrected chi connectivity index (χ3v) is 6.94. The molecule has 140 valence electrons. The van der Waals surface area contributed by atoms with Crippen LogP contribution in [0.2, 0.25) is 0 Å². The number of halogens is 1. The van der Waals surface area contributed by atoms with Gasteiger partial charge in [-0.25, -0.2) is 0 Å². The van der Waals surface area contributed by atoms with E-state index in [1.165, 1.54) is 60.1 Å². The van der Waals surface area contributed by atoms with Gasteiger partial charge in [-0.15, -0.1) is 12.4 Å². The summed E-state index contributed by atoms with van der Waals surface area (Å²) in [5.41, 5.74) is 9.69. The van der Waals surface area contributed by atoms with E-state index >= 15 is 0 Å². The van der Waals surface area contributed by atoms with E-state index < -0.39 is 0 Å². The summed E-state index contributed by atoms with van der Waals surface area (Å²) in [4.78, 5) is 2.71. The van der Waals surface area contributed by atoms with E-state index in [1.807, 2.05) is 0 Å². The van der Waals surface area contributed by atoms with Gasteiger partial charge >= 0.3 is 0 Å². The van der Waals surface area contributed by atoms with Crippen molar-refractivity contribution in [3.05, 3.63) is 64.8 Å². The van der Waals surface area contributed by atoms with Crippen LogP contribution in [0.5, 0.6) is 0 Å². The van der Waals surface area contributed by atoms with Gasteiger partial charge in [-0.05, 0) is 53.9 Å². The molecular formula is C24H27ClN2. The van der Waals surface area contributed by atoms with Crippen LogP contribution in [0.1, 0.15) is 42.1 Å². The molecule has 3 heterocycles. The average Bonchev–Trinajstić information content (AvgIpc) is 3.33. The summed E-state index contributed by atoms with van der Waals surface area (Å²) in [5.74, 6) is 0. The highest BCUT2D eigenvalue weighted by Crippen LogP contribution is 2.46. The Bertz CT molecular complexity index is 1030. The molecule has 1 saturated carbocycles. The fourth-order valence-electron chi connectivity index (χ4n) is 5.25. The fraction of sp³-hybridized carbons (Fsp3) is 0.417. The van der Waals surface area contributed by atoms with E-state index in [4.69, 9.17) is 0 Å². The Morgan fingerprint density at radius 1 is 0.926 bits per heavy atom. The van der Waals surface area contributed by atoms with Crippen molar-refractivity contribution in [1.82, 2.24) is 9.47 Å². The maximum Gasteiger partial charge on any atom is 0.0567 e. The molecule has 2 aliphatic heterocycles. The van der Waals surface area contributed by atoms with Crippen LogP contribution in [0.25, 0.3) is 16.6 Å². The lowest BCUT2D eigenvalue weighted by Gasteiger charge is -2.30. The number of hydrogen-bond donors (Lipinski definition) is 0. The van der Waals surface area contributed by atoms with Crippen molar-refractivity contribution in [2.24, 2.45) is 5.41 Å². The molecular weight excluding hydrogens is 352 g/mol. The van der Waals surface area contributed by atoms with E-state index in [2.05, 4.69) is 58.9 Å². The Balaban J connectivity index is 0.00000160. The van der Waals surface area contributed by atoms with Crippen molar-refractivity contribution >= 4 is 23.3 Å². The molecule has 1 fully saturated rings.